The second kappa shape index (κ2) is 5.75. The highest BCUT2D eigenvalue weighted by molar-refractivity contribution is 5.82. The predicted octanol–water partition coefficient (Wildman–Crippen LogP) is 3.06. The van der Waals surface area contributed by atoms with Crippen LogP contribution in [0.15, 0.2) is 30.6 Å². The molecule has 1 aliphatic rings. The van der Waals surface area contributed by atoms with Crippen LogP contribution in [0.3, 0.4) is 0 Å². The van der Waals surface area contributed by atoms with E-state index in [1.165, 1.54) is 25.7 Å². The minimum Gasteiger partial charge on any atom is -0.475 e. The lowest BCUT2D eigenvalue weighted by Crippen LogP contribution is -2.45. The van der Waals surface area contributed by atoms with Gasteiger partial charge in [-0.05, 0) is 25.0 Å². The molecule has 1 heterocycles. The van der Waals surface area contributed by atoms with E-state index < -0.39 is 0 Å². The third-order valence-electron chi connectivity index (χ3n) is 4.10. The molecule has 0 atom stereocenters. The van der Waals surface area contributed by atoms with Gasteiger partial charge in [-0.2, -0.15) is 0 Å². The molecular formula is C16H21N3O. The van der Waals surface area contributed by atoms with Gasteiger partial charge in [0.1, 0.15) is 12.9 Å². The van der Waals surface area contributed by atoms with Crippen molar-refractivity contribution in [3.63, 3.8) is 0 Å². The van der Waals surface area contributed by atoms with E-state index in [9.17, 15) is 0 Å². The lowest BCUT2D eigenvalue weighted by Gasteiger charge is -2.27. The molecule has 1 fully saturated rings. The van der Waals surface area contributed by atoms with Crippen LogP contribution in [0.4, 0.5) is 0 Å². The maximum Gasteiger partial charge on any atom is 0.224 e. The number of fused-ring (bicyclic) bond motifs is 1. The number of nitrogens with zero attached hydrogens (tertiary/aromatic N) is 2. The molecule has 0 amide bonds. The van der Waals surface area contributed by atoms with E-state index in [-0.39, 0.29) is 5.54 Å². The number of hydrogen-bond acceptors (Lipinski definition) is 4. The quantitative estimate of drug-likeness (QED) is 0.872. The first kappa shape index (κ1) is 13.3. The van der Waals surface area contributed by atoms with E-state index in [1.54, 1.807) is 6.33 Å². The van der Waals surface area contributed by atoms with Crippen molar-refractivity contribution >= 4 is 10.9 Å². The summed E-state index contributed by atoms with van der Waals surface area (Å²) in [5.74, 6) is 0.643. The van der Waals surface area contributed by atoms with Crippen molar-refractivity contribution in [3.05, 3.63) is 30.6 Å². The van der Waals surface area contributed by atoms with Crippen molar-refractivity contribution in [3.8, 4) is 5.88 Å². The second-order valence-electron chi connectivity index (χ2n) is 5.76. The van der Waals surface area contributed by atoms with Crippen molar-refractivity contribution in [2.75, 3.05) is 6.61 Å². The van der Waals surface area contributed by atoms with Gasteiger partial charge in [-0.25, -0.2) is 9.97 Å². The fourth-order valence-corrected chi connectivity index (χ4v) is 2.88. The van der Waals surface area contributed by atoms with Crippen molar-refractivity contribution in [2.24, 2.45) is 5.73 Å². The van der Waals surface area contributed by atoms with Gasteiger partial charge in [0.05, 0.1) is 16.4 Å². The number of ether oxygens (including phenoxy) is 1. The van der Waals surface area contributed by atoms with Crippen LogP contribution in [-0.4, -0.2) is 22.1 Å². The average Bonchev–Trinajstić information content (AvgIpc) is 2.70. The maximum absolute atomic E-state index is 6.48. The van der Waals surface area contributed by atoms with E-state index in [4.69, 9.17) is 10.5 Å². The molecule has 4 nitrogen and oxygen atoms in total. The minimum absolute atomic E-state index is 0.206. The molecule has 0 bridgehead atoms. The van der Waals surface area contributed by atoms with E-state index in [0.717, 1.165) is 23.7 Å². The van der Waals surface area contributed by atoms with Crippen LogP contribution in [0.2, 0.25) is 0 Å². The highest BCUT2D eigenvalue weighted by Crippen LogP contribution is 2.27. The molecule has 0 aliphatic heterocycles. The monoisotopic (exact) mass is 271 g/mol. The number of hydrogen-bond donors (Lipinski definition) is 1. The molecule has 1 aromatic carbocycles. The fraction of sp³-hybridized carbons (Fsp3) is 0.500. The van der Waals surface area contributed by atoms with Gasteiger partial charge in [-0.15, -0.1) is 0 Å². The van der Waals surface area contributed by atoms with E-state index in [2.05, 4.69) is 9.97 Å². The van der Waals surface area contributed by atoms with Gasteiger partial charge in [0.15, 0.2) is 0 Å². The maximum atomic E-state index is 6.48. The number of nitrogens with two attached hydrogens (primary N) is 1. The Labute approximate surface area is 119 Å². The van der Waals surface area contributed by atoms with E-state index in [0.29, 0.717) is 12.5 Å². The smallest absolute Gasteiger partial charge is 0.224 e. The molecule has 1 aliphatic carbocycles. The van der Waals surface area contributed by atoms with Crippen molar-refractivity contribution in [1.29, 1.82) is 0 Å². The molecule has 0 radical (unpaired) electrons. The molecule has 1 saturated carbocycles. The predicted molar refractivity (Wildman–Crippen MR) is 79.7 cm³/mol. The number of aromatic nitrogens is 2. The van der Waals surface area contributed by atoms with Crippen LogP contribution in [0.5, 0.6) is 5.88 Å². The first-order valence-corrected chi connectivity index (χ1v) is 7.38. The summed E-state index contributed by atoms with van der Waals surface area (Å²) in [5, 5.41) is 0.951. The Bertz CT molecular complexity index is 571. The highest BCUT2D eigenvalue weighted by atomic mass is 16.5. The van der Waals surface area contributed by atoms with Crippen molar-refractivity contribution in [1.82, 2.24) is 9.97 Å². The molecule has 106 valence electrons. The van der Waals surface area contributed by atoms with Gasteiger partial charge >= 0.3 is 0 Å². The normalized spacial score (nSPS) is 18.6. The number of para-hydroxylation sites is 1. The molecular weight excluding hydrogens is 250 g/mol. The van der Waals surface area contributed by atoms with Crippen LogP contribution in [-0.2, 0) is 0 Å². The highest BCUT2D eigenvalue weighted by Gasteiger charge is 2.27. The van der Waals surface area contributed by atoms with Gasteiger partial charge < -0.3 is 10.5 Å². The molecule has 2 N–H and O–H groups in total. The summed E-state index contributed by atoms with van der Waals surface area (Å²) in [6.45, 7) is 0.536. The third kappa shape index (κ3) is 2.90. The minimum atomic E-state index is -0.206. The largest absolute Gasteiger partial charge is 0.475 e. The lowest BCUT2D eigenvalue weighted by atomic mass is 9.93. The Balaban J connectivity index is 1.76. The summed E-state index contributed by atoms with van der Waals surface area (Å²) >= 11 is 0. The summed E-state index contributed by atoms with van der Waals surface area (Å²) in [4.78, 5) is 8.50. The Morgan fingerprint density at radius 3 is 2.60 bits per heavy atom. The Morgan fingerprint density at radius 2 is 1.80 bits per heavy atom. The molecule has 2 aromatic rings. The van der Waals surface area contributed by atoms with Crippen LogP contribution >= 0.6 is 0 Å². The van der Waals surface area contributed by atoms with Crippen LogP contribution in [0, 0.1) is 0 Å². The SMILES string of the molecule is NC1(COc2ncnc3ccccc23)CCCCCC1. The van der Waals surface area contributed by atoms with Crippen LogP contribution < -0.4 is 10.5 Å². The van der Waals surface area contributed by atoms with E-state index >= 15 is 0 Å². The zero-order valence-corrected chi connectivity index (χ0v) is 11.7. The zero-order valence-electron chi connectivity index (χ0n) is 11.7. The van der Waals surface area contributed by atoms with Gasteiger partial charge in [0.25, 0.3) is 0 Å². The van der Waals surface area contributed by atoms with Crippen LogP contribution in [0.1, 0.15) is 38.5 Å². The number of rotatable bonds is 3. The van der Waals surface area contributed by atoms with E-state index in [1.807, 2.05) is 24.3 Å². The third-order valence-corrected chi connectivity index (χ3v) is 4.10. The standard InChI is InChI=1S/C16H21N3O/c17-16(9-5-1-2-6-10-16)11-20-15-13-7-3-4-8-14(13)18-12-19-15/h3-4,7-8,12H,1-2,5-6,9-11,17H2. The molecule has 3 rings (SSSR count). The molecule has 0 unspecified atom stereocenters. The molecule has 20 heavy (non-hydrogen) atoms. The Morgan fingerprint density at radius 1 is 1.05 bits per heavy atom. The molecule has 0 spiro atoms. The summed E-state index contributed by atoms with van der Waals surface area (Å²) < 4.78 is 5.94. The average molecular weight is 271 g/mol. The Kier molecular flexibility index (Phi) is 3.83. The van der Waals surface area contributed by atoms with Gasteiger partial charge in [-0.3, -0.25) is 0 Å². The summed E-state index contributed by atoms with van der Waals surface area (Å²) in [6, 6.07) is 7.89. The Hall–Kier alpha value is -1.68. The van der Waals surface area contributed by atoms with Gasteiger partial charge in [-0.1, -0.05) is 37.8 Å². The summed E-state index contributed by atoms with van der Waals surface area (Å²) in [7, 11) is 0. The first-order valence-electron chi connectivity index (χ1n) is 7.38. The zero-order chi connectivity index (χ0) is 13.8. The van der Waals surface area contributed by atoms with Crippen molar-refractivity contribution < 1.29 is 4.74 Å². The van der Waals surface area contributed by atoms with Crippen LogP contribution in [0.25, 0.3) is 10.9 Å². The molecule has 0 saturated heterocycles. The number of benzene rings is 1. The van der Waals surface area contributed by atoms with Gasteiger partial charge in [0.2, 0.25) is 5.88 Å². The van der Waals surface area contributed by atoms with Gasteiger partial charge in [0, 0.05) is 0 Å². The molecule has 1 aromatic heterocycles. The fourth-order valence-electron chi connectivity index (χ4n) is 2.88. The lowest BCUT2D eigenvalue weighted by molar-refractivity contribution is 0.195. The molecule has 4 heteroatoms. The summed E-state index contributed by atoms with van der Waals surface area (Å²) in [5.41, 5.74) is 7.18. The second-order valence-corrected chi connectivity index (χ2v) is 5.76. The topological polar surface area (TPSA) is 61.0 Å². The van der Waals surface area contributed by atoms with Crippen molar-refractivity contribution in [2.45, 2.75) is 44.1 Å². The first-order chi connectivity index (χ1) is 9.77. The summed E-state index contributed by atoms with van der Waals surface area (Å²) in [6.07, 6.45) is 8.60.